The van der Waals surface area contributed by atoms with E-state index in [0.29, 0.717) is 51.7 Å². The van der Waals surface area contributed by atoms with Crippen molar-refractivity contribution in [2.24, 2.45) is 11.3 Å². The fourth-order valence-electron chi connectivity index (χ4n) is 4.33. The first-order valence-corrected chi connectivity index (χ1v) is 10.4. The van der Waals surface area contributed by atoms with Crippen LogP contribution in [0.25, 0.3) is 0 Å². The van der Waals surface area contributed by atoms with Gasteiger partial charge in [0.05, 0.1) is 11.7 Å². The number of carboxylic acids is 1. The molecule has 7 nitrogen and oxygen atoms in total. The van der Waals surface area contributed by atoms with Crippen LogP contribution in [0.5, 0.6) is 0 Å². The fourth-order valence-corrected chi connectivity index (χ4v) is 6.07. The van der Waals surface area contributed by atoms with E-state index in [1.165, 1.54) is 4.31 Å². The summed E-state index contributed by atoms with van der Waals surface area (Å²) >= 11 is 0. The van der Waals surface area contributed by atoms with Crippen LogP contribution in [0.2, 0.25) is 0 Å². The van der Waals surface area contributed by atoms with E-state index in [1.54, 1.807) is 4.90 Å². The van der Waals surface area contributed by atoms with Crippen LogP contribution >= 0.6 is 0 Å². The minimum absolute atomic E-state index is 0.0835. The molecule has 0 bridgehead atoms. The van der Waals surface area contributed by atoms with E-state index in [0.717, 1.165) is 6.42 Å². The molecule has 2 unspecified atom stereocenters. The van der Waals surface area contributed by atoms with Crippen molar-refractivity contribution in [3.63, 3.8) is 0 Å². The third-order valence-corrected chi connectivity index (χ3v) is 7.94. The van der Waals surface area contributed by atoms with Gasteiger partial charge in [-0.1, -0.05) is 6.92 Å². The van der Waals surface area contributed by atoms with Crippen molar-refractivity contribution in [2.75, 3.05) is 25.4 Å². The molecule has 1 aliphatic carbocycles. The average molecular weight is 358 g/mol. The number of amides is 1. The second-order valence-corrected chi connectivity index (χ2v) is 9.41. The van der Waals surface area contributed by atoms with Crippen LogP contribution in [0.15, 0.2) is 0 Å². The molecule has 3 aliphatic rings. The monoisotopic (exact) mass is 358 g/mol. The highest BCUT2D eigenvalue weighted by atomic mass is 32.2. The van der Waals surface area contributed by atoms with E-state index in [9.17, 15) is 18.0 Å². The van der Waals surface area contributed by atoms with Gasteiger partial charge in [-0.15, -0.1) is 0 Å². The standard InChI is InChI=1S/C16H26N2O5S/c1-2-10-24(22,23)18-7-3-4-13(18)14(19)17-8-5-16(6-9-17)11-12(16)15(20)21/h12-13H,2-11H2,1H3,(H,20,21). The zero-order valence-electron chi connectivity index (χ0n) is 14.1. The number of piperidine rings is 1. The van der Waals surface area contributed by atoms with Gasteiger partial charge < -0.3 is 10.0 Å². The molecule has 1 saturated carbocycles. The Balaban J connectivity index is 1.62. The Labute approximate surface area is 143 Å². The van der Waals surface area contributed by atoms with Gasteiger partial charge in [-0.25, -0.2) is 8.42 Å². The van der Waals surface area contributed by atoms with E-state index in [1.807, 2.05) is 6.92 Å². The lowest BCUT2D eigenvalue weighted by Crippen LogP contribution is -2.50. The van der Waals surface area contributed by atoms with Crippen LogP contribution in [-0.2, 0) is 19.6 Å². The van der Waals surface area contributed by atoms with Crippen molar-refractivity contribution in [3.8, 4) is 0 Å². The first-order chi connectivity index (χ1) is 11.3. The highest BCUT2D eigenvalue weighted by molar-refractivity contribution is 7.89. The number of carboxylic acid groups (broad SMARTS) is 1. The molecule has 0 aromatic heterocycles. The van der Waals surface area contributed by atoms with Crippen LogP contribution in [0.1, 0.15) is 45.4 Å². The molecule has 2 saturated heterocycles. The normalized spacial score (nSPS) is 29.8. The Morgan fingerprint density at radius 3 is 2.42 bits per heavy atom. The lowest BCUT2D eigenvalue weighted by atomic mass is 9.90. The van der Waals surface area contributed by atoms with Crippen molar-refractivity contribution >= 4 is 21.9 Å². The van der Waals surface area contributed by atoms with Gasteiger partial charge in [-0.3, -0.25) is 9.59 Å². The lowest BCUT2D eigenvalue weighted by molar-refractivity contribution is -0.140. The minimum atomic E-state index is -3.37. The Kier molecular flexibility index (Phi) is 4.63. The van der Waals surface area contributed by atoms with Crippen LogP contribution in [-0.4, -0.2) is 66.0 Å². The number of carbonyl (C=O) groups excluding carboxylic acids is 1. The molecule has 8 heteroatoms. The fraction of sp³-hybridized carbons (Fsp3) is 0.875. The second-order valence-electron chi connectivity index (χ2n) is 7.37. The van der Waals surface area contributed by atoms with Crippen LogP contribution < -0.4 is 0 Å². The van der Waals surface area contributed by atoms with Gasteiger partial charge in [0, 0.05) is 19.6 Å². The predicted molar refractivity (Wildman–Crippen MR) is 87.8 cm³/mol. The average Bonchev–Trinajstić information content (AvgIpc) is 3.01. The molecule has 2 atom stereocenters. The summed E-state index contributed by atoms with van der Waals surface area (Å²) < 4.78 is 26.1. The predicted octanol–water partition coefficient (Wildman–Crippen LogP) is 0.904. The first kappa shape index (κ1) is 17.7. The highest BCUT2D eigenvalue weighted by Gasteiger charge is 2.59. The van der Waals surface area contributed by atoms with Gasteiger partial charge in [-0.05, 0) is 43.9 Å². The molecule has 3 rings (SSSR count). The number of carbonyl (C=O) groups is 2. The maximum Gasteiger partial charge on any atom is 0.307 e. The zero-order chi connectivity index (χ0) is 17.5. The Morgan fingerprint density at radius 2 is 1.88 bits per heavy atom. The zero-order valence-corrected chi connectivity index (χ0v) is 14.9. The Hall–Kier alpha value is -1.15. The third kappa shape index (κ3) is 3.06. The minimum Gasteiger partial charge on any atom is -0.481 e. The van der Waals surface area contributed by atoms with Crippen LogP contribution in [0, 0.1) is 11.3 Å². The SMILES string of the molecule is CCCS(=O)(=O)N1CCCC1C(=O)N1CCC2(CC1)CC2C(=O)O. The van der Waals surface area contributed by atoms with Gasteiger partial charge in [0.1, 0.15) is 6.04 Å². The number of likely N-dealkylation sites (tertiary alicyclic amines) is 1. The van der Waals surface area contributed by atoms with E-state index in [2.05, 4.69) is 0 Å². The van der Waals surface area contributed by atoms with E-state index < -0.39 is 22.0 Å². The smallest absolute Gasteiger partial charge is 0.307 e. The first-order valence-electron chi connectivity index (χ1n) is 8.82. The summed E-state index contributed by atoms with van der Waals surface area (Å²) in [5, 5.41) is 9.14. The second kappa shape index (κ2) is 6.29. The van der Waals surface area contributed by atoms with E-state index >= 15 is 0 Å². The Morgan fingerprint density at radius 1 is 1.21 bits per heavy atom. The number of hydrogen-bond donors (Lipinski definition) is 1. The molecule has 2 aliphatic heterocycles. The molecular weight excluding hydrogens is 332 g/mol. The molecule has 0 aromatic rings. The van der Waals surface area contributed by atoms with Crippen molar-refractivity contribution in [1.29, 1.82) is 0 Å². The third-order valence-electron chi connectivity index (χ3n) is 5.87. The Bertz CT molecular complexity index is 624. The summed E-state index contributed by atoms with van der Waals surface area (Å²) in [5.41, 5.74) is -0.119. The quantitative estimate of drug-likeness (QED) is 0.788. The summed E-state index contributed by atoms with van der Waals surface area (Å²) in [6.45, 7) is 3.34. The van der Waals surface area contributed by atoms with E-state index in [-0.39, 0.29) is 23.0 Å². The molecular formula is C16H26N2O5S. The number of nitrogens with zero attached hydrogens (tertiary/aromatic N) is 2. The molecule has 1 spiro atoms. The number of hydrogen-bond acceptors (Lipinski definition) is 4. The highest BCUT2D eigenvalue weighted by Crippen LogP contribution is 2.59. The summed E-state index contributed by atoms with van der Waals surface area (Å²) in [7, 11) is -3.37. The molecule has 24 heavy (non-hydrogen) atoms. The van der Waals surface area contributed by atoms with Crippen molar-refractivity contribution in [2.45, 2.75) is 51.5 Å². The topological polar surface area (TPSA) is 95.0 Å². The van der Waals surface area contributed by atoms with Crippen molar-refractivity contribution < 1.29 is 23.1 Å². The summed E-state index contributed by atoms with van der Waals surface area (Å²) in [6, 6.07) is -0.565. The summed E-state index contributed by atoms with van der Waals surface area (Å²) in [6.07, 6.45) is 3.99. The summed E-state index contributed by atoms with van der Waals surface area (Å²) in [4.78, 5) is 25.7. The number of aliphatic carboxylic acids is 1. The van der Waals surface area contributed by atoms with Crippen molar-refractivity contribution in [3.05, 3.63) is 0 Å². The van der Waals surface area contributed by atoms with Gasteiger partial charge in [0.2, 0.25) is 15.9 Å². The van der Waals surface area contributed by atoms with Crippen LogP contribution in [0.4, 0.5) is 0 Å². The molecule has 1 amide bonds. The van der Waals surface area contributed by atoms with E-state index in [4.69, 9.17) is 5.11 Å². The maximum atomic E-state index is 12.8. The van der Waals surface area contributed by atoms with Gasteiger partial charge in [0.15, 0.2) is 0 Å². The van der Waals surface area contributed by atoms with Gasteiger partial charge in [0.25, 0.3) is 0 Å². The van der Waals surface area contributed by atoms with Crippen molar-refractivity contribution in [1.82, 2.24) is 9.21 Å². The molecule has 3 fully saturated rings. The largest absolute Gasteiger partial charge is 0.481 e. The summed E-state index contributed by atoms with van der Waals surface area (Å²) in [5.74, 6) is -1.01. The lowest BCUT2D eigenvalue weighted by Gasteiger charge is -2.35. The maximum absolute atomic E-state index is 12.8. The van der Waals surface area contributed by atoms with Crippen LogP contribution in [0.3, 0.4) is 0 Å². The molecule has 0 radical (unpaired) electrons. The number of sulfonamides is 1. The van der Waals surface area contributed by atoms with Gasteiger partial charge >= 0.3 is 5.97 Å². The molecule has 2 heterocycles. The molecule has 0 aromatic carbocycles. The van der Waals surface area contributed by atoms with Gasteiger partial charge in [-0.2, -0.15) is 4.31 Å². The molecule has 1 N–H and O–H groups in total. The number of rotatable bonds is 5. The molecule has 136 valence electrons.